The third kappa shape index (κ3) is 4.71. The monoisotopic (exact) mass is 293 g/mol. The van der Waals surface area contributed by atoms with Crippen molar-refractivity contribution in [3.05, 3.63) is 33.9 Å². The van der Waals surface area contributed by atoms with Gasteiger partial charge in [-0.2, -0.15) is 0 Å². The Morgan fingerprint density at radius 3 is 2.86 bits per heavy atom. The third-order valence-corrected chi connectivity index (χ3v) is 3.12. The summed E-state index contributed by atoms with van der Waals surface area (Å²) in [6, 6.07) is 5.34. The molecule has 2 N–H and O–H groups in total. The molecular weight excluding hydrogens is 274 g/mol. The van der Waals surface area contributed by atoms with E-state index in [-0.39, 0.29) is 24.0 Å². The number of nitrogens with zero attached hydrogens (tertiary/aromatic N) is 1. The second kappa shape index (κ2) is 7.03. The van der Waals surface area contributed by atoms with Crippen LogP contribution < -0.4 is 15.4 Å². The van der Waals surface area contributed by atoms with E-state index in [2.05, 4.69) is 10.6 Å². The Bertz CT molecular complexity index is 529. The molecule has 1 fully saturated rings. The maximum Gasteiger partial charge on any atom is 0.311 e. The van der Waals surface area contributed by atoms with Gasteiger partial charge in [0.05, 0.1) is 4.92 Å². The lowest BCUT2D eigenvalue weighted by Crippen LogP contribution is -2.28. The average Bonchev–Trinajstić information content (AvgIpc) is 3.27. The van der Waals surface area contributed by atoms with Gasteiger partial charge < -0.3 is 15.4 Å². The molecule has 0 bridgehead atoms. The molecule has 1 aromatic carbocycles. The SMILES string of the molecule is CCNC(=O)COc1ccc(CNC2CC2)cc1[N+](=O)[O-]. The number of nitro groups is 1. The number of rotatable bonds is 8. The third-order valence-electron chi connectivity index (χ3n) is 3.12. The van der Waals surface area contributed by atoms with Crippen molar-refractivity contribution in [1.29, 1.82) is 0 Å². The Labute approximate surface area is 122 Å². The summed E-state index contributed by atoms with van der Waals surface area (Å²) >= 11 is 0. The number of likely N-dealkylation sites (N-methyl/N-ethyl adjacent to an activating group) is 1. The first-order chi connectivity index (χ1) is 10.1. The number of nitro benzene ring substituents is 1. The molecule has 1 aliphatic carbocycles. The van der Waals surface area contributed by atoms with Crippen LogP contribution in [0.4, 0.5) is 5.69 Å². The fourth-order valence-corrected chi connectivity index (χ4v) is 1.88. The van der Waals surface area contributed by atoms with E-state index >= 15 is 0 Å². The average molecular weight is 293 g/mol. The maximum atomic E-state index is 11.3. The van der Waals surface area contributed by atoms with E-state index in [1.54, 1.807) is 19.1 Å². The predicted octanol–water partition coefficient (Wildman–Crippen LogP) is 1.36. The number of ether oxygens (including phenoxy) is 1. The van der Waals surface area contributed by atoms with Crippen LogP contribution in [0.5, 0.6) is 5.75 Å². The Morgan fingerprint density at radius 1 is 1.48 bits per heavy atom. The molecule has 1 aliphatic rings. The molecule has 7 heteroatoms. The van der Waals surface area contributed by atoms with Crippen LogP contribution >= 0.6 is 0 Å². The molecule has 0 radical (unpaired) electrons. The highest BCUT2D eigenvalue weighted by atomic mass is 16.6. The van der Waals surface area contributed by atoms with Crippen LogP contribution in [-0.4, -0.2) is 30.0 Å². The Morgan fingerprint density at radius 2 is 2.24 bits per heavy atom. The molecule has 0 spiro atoms. The molecule has 7 nitrogen and oxygen atoms in total. The van der Waals surface area contributed by atoms with Crippen molar-refractivity contribution in [1.82, 2.24) is 10.6 Å². The molecule has 2 rings (SSSR count). The highest BCUT2D eigenvalue weighted by molar-refractivity contribution is 5.77. The zero-order valence-electron chi connectivity index (χ0n) is 11.9. The quantitative estimate of drug-likeness (QED) is 0.557. The second-order valence-corrected chi connectivity index (χ2v) is 4.96. The van der Waals surface area contributed by atoms with E-state index in [0.29, 0.717) is 19.1 Å². The van der Waals surface area contributed by atoms with Crippen LogP contribution in [0.2, 0.25) is 0 Å². The van der Waals surface area contributed by atoms with Gasteiger partial charge in [-0.15, -0.1) is 0 Å². The molecule has 0 heterocycles. The smallest absolute Gasteiger partial charge is 0.311 e. The minimum atomic E-state index is -0.492. The summed E-state index contributed by atoms with van der Waals surface area (Å²) in [6.07, 6.45) is 2.33. The molecule has 0 saturated heterocycles. The summed E-state index contributed by atoms with van der Waals surface area (Å²) in [5.41, 5.74) is 0.716. The molecule has 114 valence electrons. The number of nitrogens with one attached hydrogen (secondary N) is 2. The first-order valence-electron chi connectivity index (χ1n) is 7.00. The van der Waals surface area contributed by atoms with Gasteiger partial charge in [0.2, 0.25) is 0 Å². The lowest BCUT2D eigenvalue weighted by molar-refractivity contribution is -0.385. The second-order valence-electron chi connectivity index (χ2n) is 4.96. The van der Waals surface area contributed by atoms with Crippen LogP contribution in [0, 0.1) is 10.1 Å². The molecular formula is C14H19N3O4. The molecule has 1 aromatic rings. The molecule has 0 aliphatic heterocycles. The van der Waals surface area contributed by atoms with E-state index in [4.69, 9.17) is 4.74 Å². The summed E-state index contributed by atoms with van der Waals surface area (Å²) < 4.78 is 5.23. The van der Waals surface area contributed by atoms with Crippen LogP contribution in [0.1, 0.15) is 25.3 Å². The van der Waals surface area contributed by atoms with Crippen molar-refractivity contribution in [2.24, 2.45) is 0 Å². The van der Waals surface area contributed by atoms with Crippen LogP contribution in [0.15, 0.2) is 18.2 Å². The van der Waals surface area contributed by atoms with Gasteiger partial charge in [-0.1, -0.05) is 6.07 Å². The summed E-state index contributed by atoms with van der Waals surface area (Å²) in [4.78, 5) is 21.9. The van der Waals surface area contributed by atoms with Crippen molar-refractivity contribution >= 4 is 11.6 Å². The van der Waals surface area contributed by atoms with E-state index in [0.717, 1.165) is 18.4 Å². The zero-order chi connectivity index (χ0) is 15.2. The Hall–Kier alpha value is -2.15. The number of amides is 1. The molecule has 1 saturated carbocycles. The molecule has 0 aromatic heterocycles. The minimum Gasteiger partial charge on any atom is -0.477 e. The van der Waals surface area contributed by atoms with Gasteiger partial charge in [-0.05, 0) is 31.4 Å². The lowest BCUT2D eigenvalue weighted by Gasteiger charge is -2.08. The van der Waals surface area contributed by atoms with E-state index in [9.17, 15) is 14.9 Å². The fourth-order valence-electron chi connectivity index (χ4n) is 1.88. The number of hydrogen-bond donors (Lipinski definition) is 2. The minimum absolute atomic E-state index is 0.112. The number of benzene rings is 1. The number of carbonyl (C=O) groups is 1. The summed E-state index contributed by atoms with van der Waals surface area (Å²) in [5, 5.41) is 17.0. The fraction of sp³-hybridized carbons (Fsp3) is 0.500. The molecule has 0 unspecified atom stereocenters. The van der Waals surface area contributed by atoms with Gasteiger partial charge >= 0.3 is 5.69 Å². The van der Waals surface area contributed by atoms with Gasteiger partial charge in [0.25, 0.3) is 5.91 Å². The first kappa shape index (κ1) is 15.2. The first-order valence-corrected chi connectivity index (χ1v) is 7.00. The summed E-state index contributed by atoms with van der Waals surface area (Å²) in [6.45, 7) is 2.66. The zero-order valence-corrected chi connectivity index (χ0v) is 11.9. The summed E-state index contributed by atoms with van der Waals surface area (Å²) in [5.74, 6) is -0.187. The predicted molar refractivity (Wildman–Crippen MR) is 77.1 cm³/mol. The lowest BCUT2D eigenvalue weighted by atomic mass is 10.2. The number of carbonyl (C=O) groups excluding carboxylic acids is 1. The Kier molecular flexibility index (Phi) is 5.10. The van der Waals surface area contributed by atoms with Gasteiger partial charge in [-0.25, -0.2) is 0 Å². The van der Waals surface area contributed by atoms with Crippen LogP contribution in [0.25, 0.3) is 0 Å². The van der Waals surface area contributed by atoms with Crippen molar-refractivity contribution in [2.75, 3.05) is 13.2 Å². The largest absolute Gasteiger partial charge is 0.477 e. The van der Waals surface area contributed by atoms with E-state index in [1.165, 1.54) is 6.07 Å². The van der Waals surface area contributed by atoms with Gasteiger partial charge in [0, 0.05) is 25.2 Å². The van der Waals surface area contributed by atoms with Crippen LogP contribution in [-0.2, 0) is 11.3 Å². The highest BCUT2D eigenvalue weighted by Gasteiger charge is 2.21. The topological polar surface area (TPSA) is 93.5 Å². The van der Waals surface area contributed by atoms with Crippen LogP contribution in [0.3, 0.4) is 0 Å². The van der Waals surface area contributed by atoms with Gasteiger partial charge in [-0.3, -0.25) is 14.9 Å². The maximum absolute atomic E-state index is 11.3. The highest BCUT2D eigenvalue weighted by Crippen LogP contribution is 2.28. The standard InChI is InChI=1S/C14H19N3O4/c1-2-15-14(18)9-21-13-6-3-10(7-12(13)17(19)20)8-16-11-4-5-11/h3,6-7,11,16H,2,4-5,8-9H2,1H3,(H,15,18). The number of hydrogen-bond acceptors (Lipinski definition) is 5. The van der Waals surface area contributed by atoms with Crippen molar-refractivity contribution in [3.8, 4) is 5.75 Å². The molecule has 21 heavy (non-hydrogen) atoms. The molecule has 0 atom stereocenters. The summed E-state index contributed by atoms with van der Waals surface area (Å²) in [7, 11) is 0. The van der Waals surface area contributed by atoms with E-state index < -0.39 is 4.92 Å². The van der Waals surface area contributed by atoms with Crippen molar-refractivity contribution in [2.45, 2.75) is 32.4 Å². The van der Waals surface area contributed by atoms with Gasteiger partial charge in [0.15, 0.2) is 12.4 Å². The van der Waals surface area contributed by atoms with Crippen molar-refractivity contribution < 1.29 is 14.5 Å². The van der Waals surface area contributed by atoms with Gasteiger partial charge in [0.1, 0.15) is 0 Å². The Balaban J connectivity index is 2.01. The molecule has 1 amide bonds. The normalized spacial score (nSPS) is 13.8. The van der Waals surface area contributed by atoms with Crippen molar-refractivity contribution in [3.63, 3.8) is 0 Å². The van der Waals surface area contributed by atoms with E-state index in [1.807, 2.05) is 0 Å².